The van der Waals surface area contributed by atoms with Crippen molar-refractivity contribution in [2.75, 3.05) is 27.2 Å². The average molecular weight is 426 g/mol. The van der Waals surface area contributed by atoms with Gasteiger partial charge in [-0.3, -0.25) is 0 Å². The first-order valence-electron chi connectivity index (χ1n) is 13.4. The van der Waals surface area contributed by atoms with E-state index in [-0.39, 0.29) is 11.1 Å². The molecule has 0 atom stereocenters. The third kappa shape index (κ3) is 11.0. The van der Waals surface area contributed by atoms with Crippen molar-refractivity contribution in [2.45, 2.75) is 142 Å². The number of piperidine rings is 1. The summed E-state index contributed by atoms with van der Waals surface area (Å²) < 4.78 is 1.18. The molecule has 0 aromatic heterocycles. The van der Waals surface area contributed by atoms with Crippen LogP contribution < -0.4 is 5.06 Å². The van der Waals surface area contributed by atoms with Crippen LogP contribution in [-0.4, -0.2) is 42.7 Å². The number of hydrogen-bond donors (Lipinski definition) is 1. The normalized spacial score (nSPS) is 23.6. The van der Waals surface area contributed by atoms with Crippen molar-refractivity contribution in [1.82, 2.24) is 0 Å². The van der Waals surface area contributed by atoms with Gasteiger partial charge in [-0.25, -0.2) is 0 Å². The maximum Gasteiger partial charge on any atom is 0.0923 e. The van der Waals surface area contributed by atoms with Gasteiger partial charge in [-0.2, -0.15) is 0 Å². The van der Waals surface area contributed by atoms with Crippen LogP contribution in [0.4, 0.5) is 0 Å². The van der Waals surface area contributed by atoms with E-state index in [2.05, 4.69) is 48.7 Å². The molecule has 1 heterocycles. The van der Waals surface area contributed by atoms with Crippen LogP contribution in [0.15, 0.2) is 0 Å². The van der Waals surface area contributed by atoms with E-state index in [0.29, 0.717) is 5.06 Å². The van der Waals surface area contributed by atoms with Crippen LogP contribution in [0, 0.1) is 11.1 Å². The first kappa shape index (κ1) is 27.9. The largest absolute Gasteiger partial charge is 0.634 e. The molecule has 1 aliphatic rings. The standard InChI is InChI=1S/C27H57N2O/c1-8-9-10-11-12-13-14-15-16-18-21-29(6,7)22-19-17-20-25-23-26(2,3)28(30)27(4,5)24-25/h25,28H,8-24H2,1-7H3/q+1. The maximum atomic E-state index is 12.6. The average Bonchev–Trinajstić information content (AvgIpc) is 2.64. The van der Waals surface area contributed by atoms with E-state index in [0.717, 1.165) is 18.8 Å². The van der Waals surface area contributed by atoms with Gasteiger partial charge in [0.25, 0.3) is 0 Å². The Labute approximate surface area is 190 Å². The second kappa shape index (κ2) is 13.4. The molecule has 1 fully saturated rings. The lowest BCUT2D eigenvalue weighted by molar-refractivity contribution is -0.956. The Hall–Kier alpha value is -0.120. The fraction of sp³-hybridized carbons (Fsp3) is 1.00. The summed E-state index contributed by atoms with van der Waals surface area (Å²) in [5, 5.41) is 13.1. The van der Waals surface area contributed by atoms with Crippen LogP contribution in [0.2, 0.25) is 0 Å². The second-order valence-corrected chi connectivity index (χ2v) is 12.4. The zero-order chi connectivity index (χ0) is 22.7. The van der Waals surface area contributed by atoms with Gasteiger partial charge in [0.2, 0.25) is 0 Å². The number of nitrogens with one attached hydrogen (secondary N) is 1. The minimum absolute atomic E-state index is 0.128. The lowest BCUT2D eigenvalue weighted by atomic mass is 9.73. The predicted molar refractivity (Wildman–Crippen MR) is 133 cm³/mol. The fourth-order valence-corrected chi connectivity index (χ4v) is 5.93. The molecule has 0 amide bonds. The van der Waals surface area contributed by atoms with Gasteiger partial charge >= 0.3 is 0 Å². The summed E-state index contributed by atoms with van der Waals surface area (Å²) in [7, 11) is 4.83. The molecule has 30 heavy (non-hydrogen) atoms. The molecule has 0 aromatic rings. The molecule has 0 aliphatic carbocycles. The van der Waals surface area contributed by atoms with E-state index in [1.54, 1.807) is 0 Å². The number of rotatable bonds is 16. The molecule has 180 valence electrons. The maximum absolute atomic E-state index is 12.6. The quantitative estimate of drug-likeness (QED) is 0.170. The van der Waals surface area contributed by atoms with E-state index in [9.17, 15) is 5.21 Å². The molecule has 3 heteroatoms. The second-order valence-electron chi connectivity index (χ2n) is 12.4. The van der Waals surface area contributed by atoms with Crippen LogP contribution in [0.1, 0.15) is 131 Å². The topological polar surface area (TPSA) is 27.5 Å². The molecule has 3 nitrogen and oxygen atoms in total. The Kier molecular flexibility index (Phi) is 12.5. The highest BCUT2D eigenvalue weighted by molar-refractivity contribution is 4.86. The molecular weight excluding hydrogens is 368 g/mol. The highest BCUT2D eigenvalue weighted by atomic mass is 16.5. The molecule has 1 saturated heterocycles. The summed E-state index contributed by atoms with van der Waals surface area (Å²) in [5.74, 6) is 0.727. The van der Waals surface area contributed by atoms with Gasteiger partial charge in [0.1, 0.15) is 0 Å². The number of quaternary nitrogens is 2. The lowest BCUT2D eigenvalue weighted by Gasteiger charge is -2.54. The Morgan fingerprint density at radius 1 is 0.700 bits per heavy atom. The summed E-state index contributed by atoms with van der Waals surface area (Å²) in [6, 6.07) is 0. The van der Waals surface area contributed by atoms with Crippen molar-refractivity contribution in [1.29, 1.82) is 0 Å². The summed E-state index contributed by atoms with van der Waals surface area (Å²) in [4.78, 5) is 0. The molecule has 0 spiro atoms. The van der Waals surface area contributed by atoms with E-state index in [4.69, 9.17) is 0 Å². The molecular formula is C27H57N2O+. The summed E-state index contributed by atoms with van der Waals surface area (Å²) >= 11 is 0. The highest BCUT2D eigenvalue weighted by Crippen LogP contribution is 2.32. The van der Waals surface area contributed by atoms with Gasteiger partial charge in [0, 0.05) is 12.8 Å². The summed E-state index contributed by atoms with van der Waals surface area (Å²) in [6.45, 7) is 13.6. The number of nitrogens with zero attached hydrogens (tertiary/aromatic N) is 1. The first-order valence-corrected chi connectivity index (χ1v) is 13.4. The van der Waals surface area contributed by atoms with Crippen molar-refractivity contribution in [3.05, 3.63) is 5.21 Å². The molecule has 1 N–H and O–H groups in total. The number of unbranched alkanes of at least 4 members (excludes halogenated alkanes) is 10. The minimum atomic E-state index is -0.128. The van der Waals surface area contributed by atoms with Crippen molar-refractivity contribution < 1.29 is 9.55 Å². The Balaban J connectivity index is 2.09. The molecule has 0 bridgehead atoms. The fourth-order valence-electron chi connectivity index (χ4n) is 5.93. The number of hydroxylamine groups is 2. The van der Waals surface area contributed by atoms with Crippen molar-refractivity contribution in [2.24, 2.45) is 5.92 Å². The lowest BCUT2D eigenvalue weighted by Crippen LogP contribution is -3.23. The van der Waals surface area contributed by atoms with Gasteiger partial charge < -0.3 is 14.8 Å². The van der Waals surface area contributed by atoms with Gasteiger partial charge in [0.15, 0.2) is 0 Å². The zero-order valence-electron chi connectivity index (χ0n) is 22.0. The summed E-state index contributed by atoms with van der Waals surface area (Å²) in [6.07, 6.45) is 20.4. The predicted octanol–water partition coefficient (Wildman–Crippen LogP) is 6.50. The SMILES string of the molecule is CCCCCCCCCCCC[N+](C)(C)CCCCC1CC(C)(C)[NH+]([O-])C(C)(C)C1. The smallest absolute Gasteiger partial charge is 0.0923 e. The zero-order valence-corrected chi connectivity index (χ0v) is 22.0. The monoisotopic (exact) mass is 425 g/mol. The van der Waals surface area contributed by atoms with Crippen LogP contribution >= 0.6 is 0 Å². The minimum Gasteiger partial charge on any atom is -0.634 e. The molecule has 1 rings (SSSR count). The molecule has 0 radical (unpaired) electrons. The Morgan fingerprint density at radius 3 is 1.57 bits per heavy atom. The number of hydrogen-bond acceptors (Lipinski definition) is 1. The molecule has 1 aliphatic heterocycles. The Morgan fingerprint density at radius 2 is 1.10 bits per heavy atom. The molecule has 0 unspecified atom stereocenters. The van der Waals surface area contributed by atoms with Crippen LogP contribution in [0.3, 0.4) is 0 Å². The van der Waals surface area contributed by atoms with E-state index < -0.39 is 0 Å². The van der Waals surface area contributed by atoms with Gasteiger partial charge in [0.05, 0.1) is 38.3 Å². The van der Waals surface area contributed by atoms with Crippen molar-refractivity contribution in [3.8, 4) is 0 Å². The van der Waals surface area contributed by atoms with Gasteiger partial charge in [-0.05, 0) is 65.7 Å². The van der Waals surface area contributed by atoms with E-state index >= 15 is 0 Å². The third-order valence-corrected chi connectivity index (χ3v) is 7.57. The molecule has 0 aromatic carbocycles. The van der Waals surface area contributed by atoms with E-state index in [1.165, 1.54) is 101 Å². The first-order chi connectivity index (χ1) is 14.0. The van der Waals surface area contributed by atoms with Gasteiger partial charge in [-0.15, -0.1) is 0 Å². The van der Waals surface area contributed by atoms with Crippen LogP contribution in [-0.2, 0) is 0 Å². The third-order valence-electron chi connectivity index (χ3n) is 7.57. The van der Waals surface area contributed by atoms with Crippen LogP contribution in [0.25, 0.3) is 0 Å². The highest BCUT2D eigenvalue weighted by Gasteiger charge is 2.44. The van der Waals surface area contributed by atoms with Gasteiger partial charge in [-0.1, -0.05) is 58.3 Å². The Bertz CT molecular complexity index is 426. The molecule has 0 saturated carbocycles. The van der Waals surface area contributed by atoms with E-state index in [1.807, 2.05) is 0 Å². The van der Waals surface area contributed by atoms with Crippen molar-refractivity contribution >= 4 is 0 Å². The van der Waals surface area contributed by atoms with Crippen molar-refractivity contribution in [3.63, 3.8) is 0 Å². The summed E-state index contributed by atoms with van der Waals surface area (Å²) in [5.41, 5.74) is -0.255. The van der Waals surface area contributed by atoms with Crippen LogP contribution in [0.5, 0.6) is 0 Å².